The van der Waals surface area contributed by atoms with Crippen molar-refractivity contribution >= 4 is 27.5 Å². The summed E-state index contributed by atoms with van der Waals surface area (Å²) in [7, 11) is 0.218. The second-order valence-corrected chi connectivity index (χ2v) is 11.8. The second-order valence-electron chi connectivity index (χ2n) is 9.97. The highest BCUT2D eigenvalue weighted by atomic mass is 32.2. The molecule has 0 aromatic heterocycles. The van der Waals surface area contributed by atoms with Gasteiger partial charge in [0.05, 0.1) is 31.9 Å². The van der Waals surface area contributed by atoms with Gasteiger partial charge in [-0.15, -0.1) is 0 Å². The van der Waals surface area contributed by atoms with Gasteiger partial charge in [0.1, 0.15) is 29.8 Å². The number of sulfonamides is 1. The Bertz CT molecular complexity index is 1460. The number of methoxy groups -OCH3 is 3. The van der Waals surface area contributed by atoms with Crippen molar-refractivity contribution in [2.75, 3.05) is 32.2 Å². The Balaban J connectivity index is 2.09. The lowest BCUT2D eigenvalue weighted by atomic mass is 10.1. The summed E-state index contributed by atoms with van der Waals surface area (Å²) >= 11 is 0. The number of carbonyl (C=O) groups excluding carboxylic acids is 2. The van der Waals surface area contributed by atoms with E-state index in [1.54, 1.807) is 43.5 Å². The number of nitrogens with zero attached hydrogens (tertiary/aromatic N) is 2. The Morgan fingerprint density at radius 3 is 1.93 bits per heavy atom. The van der Waals surface area contributed by atoms with E-state index in [4.69, 9.17) is 14.2 Å². The highest BCUT2D eigenvalue weighted by molar-refractivity contribution is 7.92. The highest BCUT2D eigenvalue weighted by Crippen LogP contribution is 2.33. The van der Waals surface area contributed by atoms with Crippen LogP contribution in [0.25, 0.3) is 0 Å². The normalized spacial score (nSPS) is 12.5. The first-order chi connectivity index (χ1) is 20.6. The first kappa shape index (κ1) is 33.3. The van der Waals surface area contributed by atoms with Gasteiger partial charge in [-0.25, -0.2) is 8.42 Å². The van der Waals surface area contributed by atoms with E-state index in [1.165, 1.54) is 43.4 Å². The van der Waals surface area contributed by atoms with Gasteiger partial charge in [0.15, 0.2) is 0 Å². The Hall–Kier alpha value is -4.25. The zero-order valence-electron chi connectivity index (χ0n) is 25.6. The SMILES string of the molecule is CC[C@@H](C)NC(=O)[C@@H](CC)N(Cc1ccc(OC)cc1)C(=O)CN(c1ccccc1OC)S(=O)(=O)c1ccc(OC)cc1. The van der Waals surface area contributed by atoms with Crippen molar-refractivity contribution < 1.29 is 32.2 Å². The van der Waals surface area contributed by atoms with E-state index in [9.17, 15) is 18.0 Å². The van der Waals surface area contributed by atoms with Crippen molar-refractivity contribution in [2.45, 2.75) is 57.1 Å². The summed E-state index contributed by atoms with van der Waals surface area (Å²) in [5.74, 6) is 0.555. The van der Waals surface area contributed by atoms with Gasteiger partial charge < -0.3 is 24.4 Å². The molecule has 3 aromatic carbocycles. The molecule has 0 saturated heterocycles. The maximum Gasteiger partial charge on any atom is 0.264 e. The third kappa shape index (κ3) is 8.19. The molecule has 0 heterocycles. The van der Waals surface area contributed by atoms with Crippen LogP contribution < -0.4 is 23.8 Å². The first-order valence-electron chi connectivity index (χ1n) is 14.1. The van der Waals surface area contributed by atoms with Crippen molar-refractivity contribution in [2.24, 2.45) is 0 Å². The van der Waals surface area contributed by atoms with Gasteiger partial charge in [0.25, 0.3) is 10.0 Å². The average Bonchev–Trinajstić information content (AvgIpc) is 3.03. The van der Waals surface area contributed by atoms with Crippen molar-refractivity contribution in [3.63, 3.8) is 0 Å². The molecule has 0 aliphatic heterocycles. The van der Waals surface area contributed by atoms with Crippen LogP contribution in [0.4, 0.5) is 5.69 Å². The number of nitrogens with one attached hydrogen (secondary N) is 1. The summed E-state index contributed by atoms with van der Waals surface area (Å²) in [6.45, 7) is 5.18. The molecule has 0 aliphatic rings. The Kier molecular flexibility index (Phi) is 11.8. The summed E-state index contributed by atoms with van der Waals surface area (Å²) in [6, 6.07) is 18.7. The Labute approximate surface area is 254 Å². The first-order valence-corrected chi connectivity index (χ1v) is 15.6. The summed E-state index contributed by atoms with van der Waals surface area (Å²) < 4.78 is 45.2. The summed E-state index contributed by atoms with van der Waals surface area (Å²) in [5.41, 5.74) is 0.946. The fraction of sp³-hybridized carbons (Fsp3) is 0.375. The van der Waals surface area contributed by atoms with Crippen molar-refractivity contribution in [3.05, 3.63) is 78.4 Å². The minimum absolute atomic E-state index is 0.0322. The fourth-order valence-corrected chi connectivity index (χ4v) is 5.94. The van der Waals surface area contributed by atoms with E-state index in [0.717, 1.165) is 16.3 Å². The molecule has 1 N–H and O–H groups in total. The van der Waals surface area contributed by atoms with Crippen molar-refractivity contribution in [1.29, 1.82) is 0 Å². The molecular formula is C32H41N3O7S. The minimum atomic E-state index is -4.26. The van der Waals surface area contributed by atoms with Crippen molar-refractivity contribution in [3.8, 4) is 17.2 Å². The van der Waals surface area contributed by atoms with Crippen LogP contribution in [0.15, 0.2) is 77.7 Å². The lowest BCUT2D eigenvalue weighted by Gasteiger charge is -2.34. The van der Waals surface area contributed by atoms with Crippen LogP contribution >= 0.6 is 0 Å². The summed E-state index contributed by atoms with van der Waals surface area (Å²) in [5, 5.41) is 2.97. The zero-order valence-corrected chi connectivity index (χ0v) is 26.4. The molecule has 0 spiro atoms. The molecule has 0 bridgehead atoms. The van der Waals surface area contributed by atoms with Gasteiger partial charge in [-0.3, -0.25) is 13.9 Å². The van der Waals surface area contributed by atoms with E-state index in [2.05, 4.69) is 5.32 Å². The van der Waals surface area contributed by atoms with Gasteiger partial charge in [0.2, 0.25) is 11.8 Å². The fourth-order valence-electron chi connectivity index (χ4n) is 4.51. The van der Waals surface area contributed by atoms with Gasteiger partial charge in [-0.05, 0) is 73.9 Å². The second kappa shape index (κ2) is 15.3. The molecule has 0 fully saturated rings. The number of amides is 2. The van der Waals surface area contributed by atoms with Gasteiger partial charge in [-0.1, -0.05) is 38.1 Å². The standard InChI is InChI=1S/C32H41N3O7S/c1-7-23(3)33-32(37)28(8-2)34(21-24-13-15-25(40-4)16-14-24)31(36)22-35(29-11-9-10-12-30(29)42-6)43(38,39)27-19-17-26(41-5)18-20-27/h9-20,23,28H,7-8,21-22H2,1-6H3,(H,33,37)/t23-,28-/m1/s1. The molecule has 2 amide bonds. The molecule has 3 aromatic rings. The molecule has 11 heteroatoms. The van der Waals surface area contributed by atoms with E-state index < -0.39 is 28.5 Å². The predicted molar refractivity (Wildman–Crippen MR) is 166 cm³/mol. The number of hydrogen-bond donors (Lipinski definition) is 1. The molecule has 0 unspecified atom stereocenters. The third-order valence-corrected chi connectivity index (χ3v) is 8.95. The van der Waals surface area contributed by atoms with Crippen LogP contribution in [0.5, 0.6) is 17.2 Å². The largest absolute Gasteiger partial charge is 0.497 e. The molecule has 43 heavy (non-hydrogen) atoms. The third-order valence-electron chi connectivity index (χ3n) is 7.18. The number of para-hydroxylation sites is 2. The van der Waals surface area contributed by atoms with Crippen LogP contribution in [-0.4, -0.2) is 65.1 Å². The monoisotopic (exact) mass is 611 g/mol. The average molecular weight is 612 g/mol. The summed E-state index contributed by atoms with van der Waals surface area (Å²) in [6.07, 6.45) is 1.04. The molecular weight excluding hydrogens is 570 g/mol. The molecule has 0 radical (unpaired) electrons. The van der Waals surface area contributed by atoms with Crippen LogP contribution in [0.2, 0.25) is 0 Å². The predicted octanol–water partition coefficient (Wildman–Crippen LogP) is 4.63. The number of carbonyl (C=O) groups is 2. The number of anilines is 1. The summed E-state index contributed by atoms with van der Waals surface area (Å²) in [4.78, 5) is 29.1. The van der Waals surface area contributed by atoms with E-state index in [1.807, 2.05) is 32.9 Å². The lowest BCUT2D eigenvalue weighted by Crippen LogP contribution is -2.53. The maximum atomic E-state index is 14.2. The van der Waals surface area contributed by atoms with Crippen molar-refractivity contribution in [1.82, 2.24) is 10.2 Å². The van der Waals surface area contributed by atoms with E-state index >= 15 is 0 Å². The van der Waals surface area contributed by atoms with Crippen LogP contribution in [-0.2, 0) is 26.2 Å². The van der Waals surface area contributed by atoms with E-state index in [-0.39, 0.29) is 34.8 Å². The maximum absolute atomic E-state index is 14.2. The quantitative estimate of drug-likeness (QED) is 0.267. The van der Waals surface area contributed by atoms with Crippen LogP contribution in [0, 0.1) is 0 Å². The van der Waals surface area contributed by atoms with Gasteiger partial charge in [0, 0.05) is 12.6 Å². The lowest BCUT2D eigenvalue weighted by molar-refractivity contribution is -0.140. The molecule has 10 nitrogen and oxygen atoms in total. The van der Waals surface area contributed by atoms with Gasteiger partial charge in [-0.2, -0.15) is 0 Å². The Morgan fingerprint density at radius 1 is 0.814 bits per heavy atom. The smallest absolute Gasteiger partial charge is 0.264 e. The number of benzene rings is 3. The molecule has 0 aliphatic carbocycles. The highest BCUT2D eigenvalue weighted by Gasteiger charge is 2.35. The molecule has 0 saturated carbocycles. The number of hydrogen-bond acceptors (Lipinski definition) is 7. The minimum Gasteiger partial charge on any atom is -0.497 e. The number of ether oxygens (including phenoxy) is 3. The molecule has 2 atom stereocenters. The Morgan fingerprint density at radius 2 is 1.40 bits per heavy atom. The molecule has 3 rings (SSSR count). The van der Waals surface area contributed by atoms with Crippen LogP contribution in [0.1, 0.15) is 39.2 Å². The van der Waals surface area contributed by atoms with Crippen LogP contribution in [0.3, 0.4) is 0 Å². The van der Waals surface area contributed by atoms with Gasteiger partial charge >= 0.3 is 0 Å². The zero-order chi connectivity index (χ0) is 31.6. The van der Waals surface area contributed by atoms with E-state index in [0.29, 0.717) is 17.9 Å². The molecule has 232 valence electrons. The number of rotatable bonds is 15. The topological polar surface area (TPSA) is 114 Å².